The minimum absolute atomic E-state index is 0.151. The second-order valence-corrected chi connectivity index (χ2v) is 12.3. The van der Waals surface area contributed by atoms with Gasteiger partial charge >= 0.3 is 5.97 Å². The molecule has 42 heavy (non-hydrogen) atoms. The van der Waals surface area contributed by atoms with Gasteiger partial charge in [0.2, 0.25) is 0 Å². The van der Waals surface area contributed by atoms with Crippen LogP contribution in [0.2, 0.25) is 0 Å². The number of hydrogen-bond acceptors (Lipinski definition) is 9. The topological polar surface area (TPSA) is 165 Å². The first-order valence-corrected chi connectivity index (χ1v) is 15.5. The minimum Gasteiger partial charge on any atom is -0.478 e. The molecule has 12 heteroatoms. The van der Waals surface area contributed by atoms with Gasteiger partial charge in [0, 0.05) is 62.8 Å². The normalized spacial score (nSPS) is 16.2. The zero-order valence-electron chi connectivity index (χ0n) is 23.7. The number of aromatic carboxylic acids is 1. The number of sulfonamides is 1. The Labute approximate surface area is 246 Å². The van der Waals surface area contributed by atoms with Gasteiger partial charge in [0.05, 0.1) is 22.5 Å². The van der Waals surface area contributed by atoms with E-state index in [0.29, 0.717) is 35.5 Å². The Morgan fingerprint density at radius 3 is 2.36 bits per heavy atom. The largest absolute Gasteiger partial charge is 0.478 e. The van der Waals surface area contributed by atoms with E-state index >= 15 is 0 Å². The highest BCUT2D eigenvalue weighted by Crippen LogP contribution is 2.33. The van der Waals surface area contributed by atoms with Crippen LogP contribution < -0.4 is 25.6 Å². The van der Waals surface area contributed by atoms with Crippen molar-refractivity contribution in [2.75, 3.05) is 54.4 Å². The van der Waals surface area contributed by atoms with Gasteiger partial charge in [-0.1, -0.05) is 12.1 Å². The maximum Gasteiger partial charge on any atom is 0.336 e. The number of carbonyl (C=O) groups is 1. The fourth-order valence-corrected chi connectivity index (χ4v) is 6.43. The van der Waals surface area contributed by atoms with E-state index in [4.69, 9.17) is 5.14 Å². The molecule has 0 bridgehead atoms. The van der Waals surface area contributed by atoms with E-state index in [2.05, 4.69) is 26.6 Å². The molecule has 0 saturated carbocycles. The second-order valence-electron chi connectivity index (χ2n) is 10.9. The molecule has 3 aromatic rings. The smallest absolute Gasteiger partial charge is 0.336 e. The predicted molar refractivity (Wildman–Crippen MR) is 163 cm³/mol. The number of pyridine rings is 1. The van der Waals surface area contributed by atoms with Crippen LogP contribution in [0.15, 0.2) is 47.6 Å². The first-order valence-electron chi connectivity index (χ1n) is 13.9. The predicted octanol–water partition coefficient (Wildman–Crippen LogP) is 3.07. The monoisotopic (exact) mass is 589 g/mol. The van der Waals surface area contributed by atoms with Crippen molar-refractivity contribution >= 4 is 33.1 Å². The van der Waals surface area contributed by atoms with Gasteiger partial charge in [-0.2, -0.15) is 5.26 Å². The van der Waals surface area contributed by atoms with Crippen LogP contribution in [0.25, 0.3) is 11.1 Å². The van der Waals surface area contributed by atoms with E-state index in [1.165, 1.54) is 6.20 Å². The summed E-state index contributed by atoms with van der Waals surface area (Å²) in [7, 11) is -4.01. The zero-order valence-corrected chi connectivity index (χ0v) is 24.5. The lowest BCUT2D eigenvalue weighted by molar-refractivity contribution is 0.0696. The highest BCUT2D eigenvalue weighted by atomic mass is 32.2. The number of nitrogens with one attached hydrogen (secondary N) is 2. The van der Waals surface area contributed by atoms with Crippen LogP contribution in [0.5, 0.6) is 0 Å². The Bertz CT molecular complexity index is 1650. The minimum atomic E-state index is -4.01. The number of anilines is 3. The average Bonchev–Trinajstić information content (AvgIpc) is 2.98. The van der Waals surface area contributed by atoms with Gasteiger partial charge in [0.1, 0.15) is 6.07 Å². The summed E-state index contributed by atoms with van der Waals surface area (Å²) in [6.45, 7) is 7.96. The molecule has 2 saturated heterocycles. The molecule has 0 radical (unpaired) electrons. The fourth-order valence-electron chi connectivity index (χ4n) is 5.75. The van der Waals surface area contributed by atoms with E-state index in [0.717, 1.165) is 67.1 Å². The summed E-state index contributed by atoms with van der Waals surface area (Å²) in [4.78, 5) is 20.0. The summed E-state index contributed by atoms with van der Waals surface area (Å²) >= 11 is 0. The quantitative estimate of drug-likeness (QED) is 0.322. The van der Waals surface area contributed by atoms with Crippen LogP contribution in [0.1, 0.15) is 39.9 Å². The van der Waals surface area contributed by atoms with Crippen molar-refractivity contribution in [3.05, 3.63) is 64.8 Å². The van der Waals surface area contributed by atoms with Crippen molar-refractivity contribution in [1.82, 2.24) is 10.3 Å². The van der Waals surface area contributed by atoms with Gasteiger partial charge in [-0.15, -0.1) is 0 Å². The number of nitrogens with two attached hydrogens (primary N) is 1. The van der Waals surface area contributed by atoms with Crippen molar-refractivity contribution in [2.45, 2.75) is 37.8 Å². The highest BCUT2D eigenvalue weighted by Gasteiger charge is 2.25. The van der Waals surface area contributed by atoms with Gasteiger partial charge < -0.3 is 25.5 Å². The van der Waals surface area contributed by atoms with Crippen LogP contribution >= 0.6 is 0 Å². The highest BCUT2D eigenvalue weighted by molar-refractivity contribution is 7.89. The summed E-state index contributed by atoms with van der Waals surface area (Å²) in [5, 5.41) is 31.7. The third-order valence-electron chi connectivity index (χ3n) is 8.01. The number of carboxylic acid groups (broad SMARTS) is 1. The first kappa shape index (κ1) is 29.3. The van der Waals surface area contributed by atoms with Crippen molar-refractivity contribution in [3.63, 3.8) is 0 Å². The number of aryl methyl sites for hydroxylation is 2. The van der Waals surface area contributed by atoms with E-state index < -0.39 is 16.0 Å². The van der Waals surface area contributed by atoms with Gasteiger partial charge in [-0.05, 0) is 67.6 Å². The molecule has 2 fully saturated rings. The molecule has 3 heterocycles. The number of carboxylic acids is 1. The molecule has 0 aliphatic carbocycles. The number of piperazine rings is 1. The maximum absolute atomic E-state index is 12.3. The molecule has 0 atom stereocenters. The van der Waals surface area contributed by atoms with E-state index in [1.54, 1.807) is 19.1 Å². The molecular weight excluding hydrogens is 554 g/mol. The Morgan fingerprint density at radius 1 is 1.02 bits per heavy atom. The molecule has 2 aromatic carbocycles. The van der Waals surface area contributed by atoms with Crippen molar-refractivity contribution in [2.24, 2.45) is 5.14 Å². The third kappa shape index (κ3) is 6.18. The standard InChI is InChI=1S/C30H35N7O4S/c1-19-13-20(2)26(16-25(19)30(38)39)35-24-5-9-36(10-6-24)27-4-3-21(14-22(27)17-31)23-15-28(37-11-7-33-8-12-37)29(34-18-23)42(32,40)41/h3-4,13-16,18,24,33,35H,5-12H2,1-2H3,(H,38,39)(H2,32,40,41). The number of nitriles is 1. The number of piperidine rings is 1. The molecule has 11 nitrogen and oxygen atoms in total. The van der Waals surface area contributed by atoms with Gasteiger partial charge in [-0.25, -0.2) is 23.3 Å². The number of nitrogens with zero attached hydrogens (tertiary/aromatic N) is 4. The molecule has 1 aromatic heterocycles. The Balaban J connectivity index is 1.34. The zero-order chi connectivity index (χ0) is 30.0. The molecule has 2 aliphatic heterocycles. The van der Waals surface area contributed by atoms with Crippen LogP contribution in [0.3, 0.4) is 0 Å². The number of aromatic nitrogens is 1. The first-order chi connectivity index (χ1) is 20.0. The van der Waals surface area contributed by atoms with Gasteiger partial charge in [-0.3, -0.25) is 0 Å². The number of rotatable bonds is 7. The Kier molecular flexibility index (Phi) is 8.36. The SMILES string of the molecule is Cc1cc(C)c(C(=O)O)cc1NC1CCN(c2ccc(-c3cnc(S(N)(=O)=O)c(N4CCNCC4)c3)cc2C#N)CC1. The molecular formula is C30H35N7O4S. The molecule has 5 N–H and O–H groups in total. The van der Waals surface area contributed by atoms with Crippen LogP contribution in [-0.4, -0.2) is 69.8 Å². The van der Waals surface area contributed by atoms with E-state index in [1.807, 2.05) is 36.1 Å². The van der Waals surface area contributed by atoms with Crippen molar-refractivity contribution in [3.8, 4) is 17.2 Å². The van der Waals surface area contributed by atoms with E-state index in [9.17, 15) is 23.6 Å². The number of primary sulfonamides is 1. The van der Waals surface area contributed by atoms with Crippen molar-refractivity contribution in [1.29, 1.82) is 5.26 Å². The summed E-state index contributed by atoms with van der Waals surface area (Å²) in [5.41, 5.74) is 6.19. The lowest BCUT2D eigenvalue weighted by Gasteiger charge is -2.35. The molecule has 0 unspecified atom stereocenters. The Morgan fingerprint density at radius 2 is 1.71 bits per heavy atom. The summed E-state index contributed by atoms with van der Waals surface area (Å²) in [6.07, 6.45) is 3.15. The fraction of sp³-hybridized carbons (Fsp3) is 0.367. The lowest BCUT2D eigenvalue weighted by Crippen LogP contribution is -2.44. The molecule has 0 spiro atoms. The van der Waals surface area contributed by atoms with Crippen LogP contribution in [-0.2, 0) is 10.0 Å². The number of hydrogen-bond donors (Lipinski definition) is 4. The summed E-state index contributed by atoms with van der Waals surface area (Å²) in [6, 6.07) is 13.6. The Hall–Kier alpha value is -4.18. The second kappa shape index (κ2) is 12.0. The number of benzene rings is 2. The molecule has 5 rings (SSSR count). The summed E-state index contributed by atoms with van der Waals surface area (Å²) < 4.78 is 24.5. The van der Waals surface area contributed by atoms with Gasteiger partial charge in [0.25, 0.3) is 10.0 Å². The lowest BCUT2D eigenvalue weighted by atomic mass is 9.98. The van der Waals surface area contributed by atoms with Crippen LogP contribution in [0.4, 0.5) is 17.1 Å². The average molecular weight is 590 g/mol. The van der Waals surface area contributed by atoms with Crippen LogP contribution in [0, 0.1) is 25.2 Å². The maximum atomic E-state index is 12.3. The van der Waals surface area contributed by atoms with Crippen molar-refractivity contribution < 1.29 is 18.3 Å². The van der Waals surface area contributed by atoms with E-state index in [-0.39, 0.29) is 11.1 Å². The molecule has 2 aliphatic rings. The third-order valence-corrected chi connectivity index (χ3v) is 8.86. The molecule has 220 valence electrons. The molecule has 0 amide bonds. The summed E-state index contributed by atoms with van der Waals surface area (Å²) in [5.74, 6) is -0.936. The van der Waals surface area contributed by atoms with Gasteiger partial charge in [0.15, 0.2) is 5.03 Å².